The molecule has 1 N–H and O–H groups in total. The molecule has 8 nitrogen and oxygen atoms in total. The molecule has 364 valence electrons. The number of likely N-dealkylation sites (N-methyl/N-ethyl adjacent to an activating group) is 1. The molecule has 0 aliphatic heterocycles. The van der Waals surface area contributed by atoms with Gasteiger partial charge in [0, 0.05) is 19.3 Å². The van der Waals surface area contributed by atoms with Crippen LogP contribution >= 0.6 is 0 Å². The summed E-state index contributed by atoms with van der Waals surface area (Å²) in [5, 5.41) is 9.65. The molecule has 2 atom stereocenters. The summed E-state index contributed by atoms with van der Waals surface area (Å²) in [5.41, 5.74) is 0. The number of esters is 2. The number of allylic oxidation sites excluding steroid dienone is 10. The quantitative estimate of drug-likeness (QED) is 0.0281. The Kier molecular flexibility index (Phi) is 43.4. The Morgan fingerprint density at radius 2 is 0.889 bits per heavy atom. The normalized spacial score (nSPS) is 13.3. The fourth-order valence-corrected chi connectivity index (χ4v) is 7.47. The maximum Gasteiger partial charge on any atom is 0.362 e. The van der Waals surface area contributed by atoms with E-state index >= 15 is 0 Å². The summed E-state index contributed by atoms with van der Waals surface area (Å²) in [4.78, 5) is 37.2. The molecule has 0 aromatic heterocycles. The highest BCUT2D eigenvalue weighted by Crippen LogP contribution is 2.16. The molecule has 0 fully saturated rings. The standard InChI is InChI=1S/C55H97NO7/c1-6-8-10-12-14-16-18-20-22-24-25-26-27-28-30-31-33-35-37-39-41-43-45-53(57)62-50-51(49-61-48-47-52(55(59)60)56(3,4)5)63-54(58)46-44-42-40-38-36-34-32-29-23-21-19-17-15-13-11-9-7-2/h8,10,14,16,20,22,25-26,28,30,51-52H,6-7,9,11-13,15,17-19,21,23-24,27,29,31-50H2,1-5H3/p+1/b10-8+,16-14+,22-20+,26-25+,30-28+. The molecule has 8 heteroatoms. The Labute approximate surface area is 388 Å². The lowest BCUT2D eigenvalue weighted by atomic mass is 10.0. The monoisotopic (exact) mass is 885 g/mol. The summed E-state index contributed by atoms with van der Waals surface area (Å²) < 4.78 is 17.4. The van der Waals surface area contributed by atoms with Crippen LogP contribution in [0.4, 0.5) is 0 Å². The van der Waals surface area contributed by atoms with Crippen molar-refractivity contribution in [1.82, 2.24) is 0 Å². The summed E-state index contributed by atoms with van der Waals surface area (Å²) in [6.45, 7) is 4.63. The van der Waals surface area contributed by atoms with Crippen LogP contribution in [0.5, 0.6) is 0 Å². The Balaban J connectivity index is 4.26. The summed E-state index contributed by atoms with van der Waals surface area (Å²) in [5.74, 6) is -1.48. The molecule has 0 radical (unpaired) electrons. The van der Waals surface area contributed by atoms with E-state index in [-0.39, 0.29) is 36.2 Å². The second-order valence-corrected chi connectivity index (χ2v) is 18.4. The van der Waals surface area contributed by atoms with Crippen molar-refractivity contribution in [2.45, 2.75) is 231 Å². The van der Waals surface area contributed by atoms with Gasteiger partial charge in [0.05, 0.1) is 34.4 Å². The van der Waals surface area contributed by atoms with Crippen LogP contribution in [-0.2, 0) is 28.6 Å². The Morgan fingerprint density at radius 3 is 1.32 bits per heavy atom. The van der Waals surface area contributed by atoms with Gasteiger partial charge in [-0.05, 0) is 57.8 Å². The topological polar surface area (TPSA) is 99.1 Å². The zero-order chi connectivity index (χ0) is 46.3. The maximum absolute atomic E-state index is 12.8. The SMILES string of the molecule is CC/C=C/C/C=C/C/C=C/C/C=C/C/C=C/CCCCCCCCC(=O)OCC(COCCC(C(=O)O)[N+](C)(C)C)OC(=O)CCCCCCCCCCCCCCCCCCC. The van der Waals surface area contributed by atoms with E-state index in [1.807, 2.05) is 21.1 Å². The molecule has 0 rings (SSSR count). The highest BCUT2D eigenvalue weighted by molar-refractivity contribution is 5.72. The smallest absolute Gasteiger partial charge is 0.362 e. The van der Waals surface area contributed by atoms with E-state index in [1.54, 1.807) is 0 Å². The number of carbonyl (C=O) groups excluding carboxylic acids is 2. The van der Waals surface area contributed by atoms with Gasteiger partial charge in [-0.1, -0.05) is 203 Å². The van der Waals surface area contributed by atoms with E-state index in [2.05, 4.69) is 74.6 Å². The van der Waals surface area contributed by atoms with Crippen LogP contribution in [0.25, 0.3) is 0 Å². The van der Waals surface area contributed by atoms with Crippen LogP contribution in [0.1, 0.15) is 219 Å². The zero-order valence-corrected chi connectivity index (χ0v) is 41.5. The van der Waals surface area contributed by atoms with Gasteiger partial charge in [0.15, 0.2) is 12.1 Å². The predicted molar refractivity (Wildman–Crippen MR) is 266 cm³/mol. The predicted octanol–water partition coefficient (Wildman–Crippen LogP) is 14.9. The van der Waals surface area contributed by atoms with E-state index in [0.29, 0.717) is 19.3 Å². The van der Waals surface area contributed by atoms with Crippen molar-refractivity contribution >= 4 is 17.9 Å². The number of carboxylic acid groups (broad SMARTS) is 1. The average molecular weight is 885 g/mol. The maximum atomic E-state index is 12.8. The Morgan fingerprint density at radius 1 is 0.492 bits per heavy atom. The number of ether oxygens (including phenoxy) is 3. The lowest BCUT2D eigenvalue weighted by Crippen LogP contribution is -2.50. The Bertz CT molecular complexity index is 1210. The van der Waals surface area contributed by atoms with Gasteiger partial charge in [0.1, 0.15) is 6.61 Å². The van der Waals surface area contributed by atoms with Crippen LogP contribution in [0, 0.1) is 0 Å². The lowest BCUT2D eigenvalue weighted by Gasteiger charge is -2.31. The number of hydrogen-bond donors (Lipinski definition) is 1. The van der Waals surface area contributed by atoms with Gasteiger partial charge in [-0.3, -0.25) is 9.59 Å². The summed E-state index contributed by atoms with van der Waals surface area (Å²) in [7, 11) is 5.53. The van der Waals surface area contributed by atoms with Gasteiger partial charge in [-0.15, -0.1) is 0 Å². The van der Waals surface area contributed by atoms with E-state index in [0.717, 1.165) is 83.5 Å². The van der Waals surface area contributed by atoms with Gasteiger partial charge >= 0.3 is 17.9 Å². The van der Waals surface area contributed by atoms with Crippen LogP contribution < -0.4 is 0 Å². The van der Waals surface area contributed by atoms with Crippen LogP contribution in [0.15, 0.2) is 60.8 Å². The molecule has 0 aromatic carbocycles. The molecule has 0 aromatic rings. The molecule has 0 spiro atoms. The van der Waals surface area contributed by atoms with Gasteiger partial charge in [-0.2, -0.15) is 0 Å². The van der Waals surface area contributed by atoms with E-state index in [9.17, 15) is 19.5 Å². The molecule has 0 aliphatic rings. The number of unbranched alkanes of at least 4 members (excludes halogenated alkanes) is 22. The molecular weight excluding hydrogens is 787 g/mol. The number of hydrogen-bond acceptors (Lipinski definition) is 6. The molecule has 0 bridgehead atoms. The molecular formula is C55H98NO7+. The Hall–Kier alpha value is -2.97. The van der Waals surface area contributed by atoms with Crippen molar-refractivity contribution in [1.29, 1.82) is 0 Å². The van der Waals surface area contributed by atoms with E-state index in [1.165, 1.54) is 103 Å². The fraction of sp³-hybridized carbons (Fsp3) is 0.764. The number of rotatable bonds is 46. The minimum Gasteiger partial charge on any atom is -0.477 e. The third-order valence-corrected chi connectivity index (χ3v) is 11.4. The van der Waals surface area contributed by atoms with Gasteiger partial charge in [0.25, 0.3) is 0 Å². The van der Waals surface area contributed by atoms with E-state index < -0.39 is 18.1 Å². The largest absolute Gasteiger partial charge is 0.477 e. The molecule has 2 unspecified atom stereocenters. The van der Waals surface area contributed by atoms with Gasteiger partial charge in [-0.25, -0.2) is 4.79 Å². The third kappa shape index (κ3) is 44.0. The number of aliphatic carboxylic acids is 1. The average Bonchev–Trinajstić information content (AvgIpc) is 3.24. The van der Waals surface area contributed by atoms with Crippen molar-refractivity contribution in [2.75, 3.05) is 41.0 Å². The second-order valence-electron chi connectivity index (χ2n) is 18.4. The van der Waals surface area contributed by atoms with Crippen molar-refractivity contribution in [2.24, 2.45) is 0 Å². The first kappa shape index (κ1) is 60.0. The summed E-state index contributed by atoms with van der Waals surface area (Å²) >= 11 is 0. The lowest BCUT2D eigenvalue weighted by molar-refractivity contribution is -0.887. The zero-order valence-electron chi connectivity index (χ0n) is 41.5. The minimum atomic E-state index is -0.876. The van der Waals surface area contributed by atoms with Crippen LogP contribution in [-0.4, -0.2) is 80.6 Å². The second kappa shape index (κ2) is 45.6. The number of carboxylic acids is 1. The van der Waals surface area contributed by atoms with Gasteiger partial charge in [0.2, 0.25) is 0 Å². The minimum absolute atomic E-state index is 0.0567. The van der Waals surface area contributed by atoms with Crippen molar-refractivity contribution in [3.63, 3.8) is 0 Å². The molecule has 63 heavy (non-hydrogen) atoms. The van der Waals surface area contributed by atoms with Crippen molar-refractivity contribution in [3.8, 4) is 0 Å². The number of carbonyl (C=O) groups is 3. The first-order valence-corrected chi connectivity index (χ1v) is 25.8. The molecule has 0 aliphatic carbocycles. The van der Waals surface area contributed by atoms with Crippen molar-refractivity contribution in [3.05, 3.63) is 60.8 Å². The first-order chi connectivity index (χ1) is 30.6. The van der Waals surface area contributed by atoms with Crippen LogP contribution in [0.3, 0.4) is 0 Å². The van der Waals surface area contributed by atoms with E-state index in [4.69, 9.17) is 14.2 Å². The highest BCUT2D eigenvalue weighted by atomic mass is 16.6. The third-order valence-electron chi connectivity index (χ3n) is 11.4. The summed E-state index contributed by atoms with van der Waals surface area (Å²) in [6, 6.07) is -0.618. The molecule has 0 saturated carbocycles. The van der Waals surface area contributed by atoms with Crippen molar-refractivity contribution < 1.29 is 38.2 Å². The number of nitrogens with zero attached hydrogens (tertiary/aromatic N) is 1. The first-order valence-electron chi connectivity index (χ1n) is 25.8. The molecule has 0 heterocycles. The highest BCUT2D eigenvalue weighted by Gasteiger charge is 2.31. The summed E-state index contributed by atoms with van der Waals surface area (Å²) in [6.07, 6.45) is 56.9. The van der Waals surface area contributed by atoms with Gasteiger partial charge < -0.3 is 23.8 Å². The van der Waals surface area contributed by atoms with Crippen LogP contribution in [0.2, 0.25) is 0 Å². The number of quaternary nitrogens is 1. The fourth-order valence-electron chi connectivity index (χ4n) is 7.47. The molecule has 0 amide bonds. The molecule has 0 saturated heterocycles.